The number of hydrogen-bond donors (Lipinski definition) is 1. The van der Waals surface area contributed by atoms with Gasteiger partial charge in [-0.2, -0.15) is 0 Å². The van der Waals surface area contributed by atoms with Crippen LogP contribution in [-0.2, 0) is 6.42 Å². The molecule has 132 valence electrons. The van der Waals surface area contributed by atoms with E-state index in [9.17, 15) is 0 Å². The second kappa shape index (κ2) is 9.05. The van der Waals surface area contributed by atoms with Gasteiger partial charge in [0.25, 0.3) is 0 Å². The maximum Gasteiger partial charge on any atom is 0.138 e. The lowest BCUT2D eigenvalue weighted by molar-refractivity contribution is 0.589. The van der Waals surface area contributed by atoms with Crippen LogP contribution in [0.4, 0.5) is 0 Å². The molecule has 1 heterocycles. The number of imidazole rings is 1. The summed E-state index contributed by atoms with van der Waals surface area (Å²) >= 11 is 6.40. The third-order valence-electron chi connectivity index (χ3n) is 4.88. The monoisotopic (exact) mass is 354 g/mol. The number of aryl methyl sites for hydroxylation is 1. The molecule has 1 aromatic heterocycles. The number of nitrogens with zero attached hydrogens (tertiary/aromatic N) is 1. The maximum atomic E-state index is 6.40. The molecule has 0 spiro atoms. The van der Waals surface area contributed by atoms with Gasteiger partial charge in [0.1, 0.15) is 5.82 Å². The van der Waals surface area contributed by atoms with Crippen LogP contribution in [0.25, 0.3) is 22.2 Å². The van der Waals surface area contributed by atoms with Crippen molar-refractivity contribution < 1.29 is 0 Å². The molecule has 2 aromatic carbocycles. The van der Waals surface area contributed by atoms with Crippen LogP contribution in [0.2, 0.25) is 5.02 Å². The Balaban J connectivity index is 1.77. The molecule has 0 saturated carbocycles. The zero-order chi connectivity index (χ0) is 17.5. The van der Waals surface area contributed by atoms with Gasteiger partial charge >= 0.3 is 0 Å². The van der Waals surface area contributed by atoms with Crippen molar-refractivity contribution >= 4 is 22.4 Å². The van der Waals surface area contributed by atoms with Gasteiger partial charge in [0.05, 0.1) is 0 Å². The fourth-order valence-electron chi connectivity index (χ4n) is 3.53. The molecule has 0 fully saturated rings. The molecule has 0 amide bonds. The predicted molar refractivity (Wildman–Crippen MR) is 108 cm³/mol. The molecule has 0 saturated heterocycles. The van der Waals surface area contributed by atoms with E-state index in [1.54, 1.807) is 0 Å². The van der Waals surface area contributed by atoms with Crippen LogP contribution < -0.4 is 0 Å². The van der Waals surface area contributed by atoms with Crippen molar-refractivity contribution in [2.75, 3.05) is 0 Å². The highest BCUT2D eigenvalue weighted by Gasteiger charge is 2.13. The zero-order valence-corrected chi connectivity index (χ0v) is 15.8. The molecule has 1 N–H and O–H groups in total. The van der Waals surface area contributed by atoms with E-state index in [1.165, 1.54) is 61.5 Å². The van der Waals surface area contributed by atoms with Gasteiger partial charge < -0.3 is 4.98 Å². The summed E-state index contributed by atoms with van der Waals surface area (Å²) < 4.78 is 0. The summed E-state index contributed by atoms with van der Waals surface area (Å²) in [6.45, 7) is 2.27. The van der Waals surface area contributed by atoms with Gasteiger partial charge in [0.15, 0.2) is 0 Å². The molecular weight excluding hydrogens is 328 g/mol. The number of fused-ring (bicyclic) bond motifs is 1. The van der Waals surface area contributed by atoms with Crippen LogP contribution in [0.15, 0.2) is 42.7 Å². The van der Waals surface area contributed by atoms with Gasteiger partial charge in [-0.05, 0) is 29.9 Å². The first kappa shape index (κ1) is 18.0. The van der Waals surface area contributed by atoms with Crippen molar-refractivity contribution in [3.63, 3.8) is 0 Å². The fraction of sp³-hybridized carbons (Fsp3) is 0.409. The van der Waals surface area contributed by atoms with E-state index >= 15 is 0 Å². The van der Waals surface area contributed by atoms with Crippen molar-refractivity contribution in [3.05, 3.63) is 53.3 Å². The van der Waals surface area contributed by atoms with Gasteiger partial charge in [-0.15, -0.1) is 0 Å². The fourth-order valence-corrected chi connectivity index (χ4v) is 3.76. The Bertz CT molecular complexity index is 793. The van der Waals surface area contributed by atoms with Crippen molar-refractivity contribution in [2.45, 2.75) is 58.3 Å². The minimum atomic E-state index is 0.799. The van der Waals surface area contributed by atoms with Crippen LogP contribution in [0.3, 0.4) is 0 Å². The number of hydrogen-bond acceptors (Lipinski definition) is 1. The van der Waals surface area contributed by atoms with Crippen LogP contribution in [0.1, 0.15) is 57.4 Å². The van der Waals surface area contributed by atoms with Gasteiger partial charge in [-0.1, -0.05) is 81.3 Å². The quantitative estimate of drug-likeness (QED) is 0.405. The van der Waals surface area contributed by atoms with Crippen molar-refractivity contribution in [1.82, 2.24) is 9.97 Å². The van der Waals surface area contributed by atoms with E-state index in [2.05, 4.69) is 35.1 Å². The Morgan fingerprint density at radius 2 is 1.72 bits per heavy atom. The molecule has 3 aromatic rings. The Labute approximate surface area is 155 Å². The summed E-state index contributed by atoms with van der Waals surface area (Å²) in [7, 11) is 0. The van der Waals surface area contributed by atoms with Gasteiger partial charge in [-0.25, -0.2) is 4.98 Å². The highest BCUT2D eigenvalue weighted by molar-refractivity contribution is 6.35. The summed E-state index contributed by atoms with van der Waals surface area (Å²) in [5.74, 6) is 0.936. The minimum absolute atomic E-state index is 0.799. The van der Waals surface area contributed by atoms with Crippen LogP contribution in [0.5, 0.6) is 0 Å². The van der Waals surface area contributed by atoms with Gasteiger partial charge in [0.2, 0.25) is 0 Å². The summed E-state index contributed by atoms with van der Waals surface area (Å²) in [6.07, 6.45) is 14.1. The summed E-state index contributed by atoms with van der Waals surface area (Å²) in [5.41, 5.74) is 2.56. The molecule has 0 aliphatic carbocycles. The van der Waals surface area contributed by atoms with Gasteiger partial charge in [-0.3, -0.25) is 0 Å². The first-order valence-corrected chi connectivity index (χ1v) is 9.89. The van der Waals surface area contributed by atoms with Crippen molar-refractivity contribution in [3.8, 4) is 11.4 Å². The Kier molecular flexibility index (Phi) is 6.52. The second-order valence-corrected chi connectivity index (χ2v) is 7.15. The van der Waals surface area contributed by atoms with Crippen LogP contribution in [0, 0.1) is 0 Å². The normalized spacial score (nSPS) is 11.3. The lowest BCUT2D eigenvalue weighted by Gasteiger charge is -2.12. The first-order valence-electron chi connectivity index (χ1n) is 9.51. The standard InChI is InChI=1S/C22H27ClN2/c1-2-3-4-5-6-7-8-10-17-13-14-18-19(11-9-12-20(18)23)21(17)22-24-15-16-25-22/h9,11-16H,2-8,10H2,1H3,(H,24,25). The third-order valence-corrected chi connectivity index (χ3v) is 5.21. The summed E-state index contributed by atoms with van der Waals surface area (Å²) in [5, 5.41) is 3.08. The van der Waals surface area contributed by atoms with E-state index in [1.807, 2.05) is 24.5 Å². The van der Waals surface area contributed by atoms with Gasteiger partial charge in [0, 0.05) is 28.4 Å². The largest absolute Gasteiger partial charge is 0.345 e. The molecule has 0 aliphatic heterocycles. The molecule has 0 aliphatic rings. The molecule has 0 atom stereocenters. The molecule has 0 radical (unpaired) electrons. The van der Waals surface area contributed by atoms with Crippen molar-refractivity contribution in [1.29, 1.82) is 0 Å². The Morgan fingerprint density at radius 1 is 0.920 bits per heavy atom. The lowest BCUT2D eigenvalue weighted by atomic mass is 9.94. The lowest BCUT2D eigenvalue weighted by Crippen LogP contribution is -1.94. The average molecular weight is 355 g/mol. The molecule has 0 unspecified atom stereocenters. The maximum absolute atomic E-state index is 6.40. The number of aromatic nitrogens is 2. The van der Waals surface area contributed by atoms with E-state index < -0.39 is 0 Å². The average Bonchev–Trinajstić information content (AvgIpc) is 3.15. The zero-order valence-electron chi connectivity index (χ0n) is 15.0. The molecule has 3 heteroatoms. The van der Waals surface area contributed by atoms with E-state index in [-0.39, 0.29) is 0 Å². The SMILES string of the molecule is CCCCCCCCCc1ccc2c(Cl)cccc2c1-c1ncc[nH]1. The van der Waals surface area contributed by atoms with E-state index in [0.29, 0.717) is 0 Å². The first-order chi connectivity index (χ1) is 12.3. The molecular formula is C22H27ClN2. The van der Waals surface area contributed by atoms with E-state index in [4.69, 9.17) is 11.6 Å². The van der Waals surface area contributed by atoms with Crippen LogP contribution in [-0.4, -0.2) is 9.97 Å². The topological polar surface area (TPSA) is 28.7 Å². The third kappa shape index (κ3) is 4.43. The molecule has 25 heavy (non-hydrogen) atoms. The number of nitrogens with one attached hydrogen (secondary N) is 1. The highest BCUT2D eigenvalue weighted by Crippen LogP contribution is 2.34. The second-order valence-electron chi connectivity index (χ2n) is 6.74. The summed E-state index contributed by atoms with van der Waals surface area (Å²) in [4.78, 5) is 7.78. The number of benzene rings is 2. The number of aromatic amines is 1. The number of rotatable bonds is 9. The smallest absolute Gasteiger partial charge is 0.138 e. The molecule has 3 rings (SSSR count). The molecule has 2 nitrogen and oxygen atoms in total. The van der Waals surface area contributed by atoms with Crippen LogP contribution >= 0.6 is 11.6 Å². The minimum Gasteiger partial charge on any atom is -0.345 e. The number of halogens is 1. The van der Waals surface area contributed by atoms with E-state index in [0.717, 1.165) is 22.7 Å². The number of H-pyrrole nitrogens is 1. The number of unbranched alkanes of at least 4 members (excludes halogenated alkanes) is 6. The highest BCUT2D eigenvalue weighted by atomic mass is 35.5. The predicted octanol–water partition coefficient (Wildman–Crippen LogP) is 7.18. The Morgan fingerprint density at radius 3 is 2.48 bits per heavy atom. The van der Waals surface area contributed by atoms with Crippen molar-refractivity contribution in [2.24, 2.45) is 0 Å². The summed E-state index contributed by atoms with van der Waals surface area (Å²) in [6, 6.07) is 10.5. The Hall–Kier alpha value is -1.80. The molecule has 0 bridgehead atoms.